The summed E-state index contributed by atoms with van der Waals surface area (Å²) in [4.78, 5) is 0. The second-order valence-electron chi connectivity index (χ2n) is 4.85. The minimum absolute atomic E-state index is 0.686. The molecular formula is C11H17N3S. The molecule has 2 fully saturated rings. The van der Waals surface area contributed by atoms with Gasteiger partial charge in [0.25, 0.3) is 0 Å². The van der Waals surface area contributed by atoms with Crippen molar-refractivity contribution in [1.82, 2.24) is 10.2 Å². The molecule has 3 unspecified atom stereocenters. The SMILES string of the molecule is NCCc1nnc(C2CC3CCC2C3)s1. The molecule has 2 saturated carbocycles. The lowest BCUT2D eigenvalue weighted by Gasteiger charge is -2.18. The Morgan fingerprint density at radius 2 is 2.20 bits per heavy atom. The molecule has 1 aromatic heterocycles. The predicted octanol–water partition coefficient (Wildman–Crippen LogP) is 1.94. The van der Waals surface area contributed by atoms with Gasteiger partial charge < -0.3 is 5.73 Å². The van der Waals surface area contributed by atoms with Crippen LogP contribution in [0.5, 0.6) is 0 Å². The average Bonchev–Trinajstić information content (AvgIpc) is 2.91. The molecule has 2 bridgehead atoms. The van der Waals surface area contributed by atoms with Gasteiger partial charge in [-0.05, 0) is 37.6 Å². The highest BCUT2D eigenvalue weighted by Crippen LogP contribution is 2.53. The Hall–Kier alpha value is -0.480. The maximum Gasteiger partial charge on any atom is 0.120 e. The van der Waals surface area contributed by atoms with Gasteiger partial charge in [-0.25, -0.2) is 0 Å². The van der Waals surface area contributed by atoms with E-state index in [4.69, 9.17) is 5.73 Å². The van der Waals surface area contributed by atoms with Crippen LogP contribution in [0.4, 0.5) is 0 Å². The second kappa shape index (κ2) is 3.83. The smallest absolute Gasteiger partial charge is 0.120 e. The van der Waals surface area contributed by atoms with E-state index in [1.165, 1.54) is 30.7 Å². The van der Waals surface area contributed by atoms with E-state index in [2.05, 4.69) is 10.2 Å². The van der Waals surface area contributed by atoms with Crippen LogP contribution in [0.3, 0.4) is 0 Å². The number of aromatic nitrogens is 2. The largest absolute Gasteiger partial charge is 0.330 e. The third-order valence-electron chi connectivity index (χ3n) is 3.90. The highest BCUT2D eigenvalue weighted by Gasteiger charge is 2.41. The first-order valence-electron chi connectivity index (χ1n) is 5.89. The van der Waals surface area contributed by atoms with Crippen molar-refractivity contribution < 1.29 is 0 Å². The summed E-state index contributed by atoms with van der Waals surface area (Å²) >= 11 is 1.79. The molecule has 2 N–H and O–H groups in total. The summed E-state index contributed by atoms with van der Waals surface area (Å²) in [5.41, 5.74) is 5.52. The highest BCUT2D eigenvalue weighted by atomic mass is 32.1. The van der Waals surface area contributed by atoms with E-state index in [1.54, 1.807) is 11.3 Å². The molecule has 0 aromatic carbocycles. The molecule has 4 heteroatoms. The summed E-state index contributed by atoms with van der Waals surface area (Å²) in [7, 11) is 0. The Kier molecular flexibility index (Phi) is 2.48. The molecule has 2 aliphatic carbocycles. The van der Waals surface area contributed by atoms with E-state index in [1.807, 2.05) is 0 Å². The van der Waals surface area contributed by atoms with Gasteiger partial charge >= 0.3 is 0 Å². The van der Waals surface area contributed by atoms with Gasteiger partial charge in [0, 0.05) is 12.3 Å². The number of rotatable bonds is 3. The molecular weight excluding hydrogens is 206 g/mol. The number of hydrogen-bond acceptors (Lipinski definition) is 4. The van der Waals surface area contributed by atoms with Crippen LogP contribution in [0.1, 0.15) is 41.6 Å². The van der Waals surface area contributed by atoms with Gasteiger partial charge in [0.05, 0.1) is 0 Å². The quantitative estimate of drug-likeness (QED) is 0.852. The van der Waals surface area contributed by atoms with E-state index in [-0.39, 0.29) is 0 Å². The molecule has 3 atom stereocenters. The standard InChI is InChI=1S/C11H17N3S/c12-4-3-10-13-14-11(15-10)9-6-7-1-2-8(9)5-7/h7-9H,1-6,12H2. The van der Waals surface area contributed by atoms with Crippen molar-refractivity contribution in [3.8, 4) is 0 Å². The van der Waals surface area contributed by atoms with Crippen LogP contribution in [0.25, 0.3) is 0 Å². The minimum atomic E-state index is 0.686. The lowest BCUT2D eigenvalue weighted by Crippen LogP contribution is -2.07. The molecule has 2 aliphatic rings. The van der Waals surface area contributed by atoms with Crippen LogP contribution in [0.15, 0.2) is 0 Å². The van der Waals surface area contributed by atoms with Crippen LogP contribution < -0.4 is 5.73 Å². The summed E-state index contributed by atoms with van der Waals surface area (Å²) in [5.74, 6) is 2.63. The van der Waals surface area contributed by atoms with Crippen molar-refractivity contribution in [3.63, 3.8) is 0 Å². The Morgan fingerprint density at radius 1 is 1.27 bits per heavy atom. The van der Waals surface area contributed by atoms with E-state index < -0.39 is 0 Å². The highest BCUT2D eigenvalue weighted by molar-refractivity contribution is 7.11. The fourth-order valence-corrected chi connectivity index (χ4v) is 4.25. The lowest BCUT2D eigenvalue weighted by atomic mass is 9.89. The van der Waals surface area contributed by atoms with E-state index >= 15 is 0 Å². The van der Waals surface area contributed by atoms with Gasteiger partial charge in [-0.2, -0.15) is 0 Å². The fraction of sp³-hybridized carbons (Fsp3) is 0.818. The van der Waals surface area contributed by atoms with Crippen molar-refractivity contribution in [1.29, 1.82) is 0 Å². The van der Waals surface area contributed by atoms with Crippen molar-refractivity contribution in [2.24, 2.45) is 17.6 Å². The van der Waals surface area contributed by atoms with Crippen molar-refractivity contribution in [2.75, 3.05) is 6.54 Å². The Balaban J connectivity index is 1.75. The molecule has 82 valence electrons. The van der Waals surface area contributed by atoms with Gasteiger partial charge in [-0.15, -0.1) is 21.5 Å². The van der Waals surface area contributed by atoms with Crippen LogP contribution in [-0.4, -0.2) is 16.7 Å². The maximum absolute atomic E-state index is 5.52. The maximum atomic E-state index is 5.52. The van der Waals surface area contributed by atoms with E-state index in [0.29, 0.717) is 6.54 Å². The molecule has 0 saturated heterocycles. The zero-order valence-corrected chi connectivity index (χ0v) is 9.67. The van der Waals surface area contributed by atoms with Gasteiger partial charge in [0.1, 0.15) is 10.0 Å². The van der Waals surface area contributed by atoms with Gasteiger partial charge in [-0.3, -0.25) is 0 Å². The van der Waals surface area contributed by atoms with Crippen molar-refractivity contribution in [3.05, 3.63) is 10.0 Å². The Labute approximate surface area is 94.1 Å². The van der Waals surface area contributed by atoms with Crippen molar-refractivity contribution in [2.45, 2.75) is 38.0 Å². The Bertz CT molecular complexity index is 349. The van der Waals surface area contributed by atoms with Crippen LogP contribution in [0.2, 0.25) is 0 Å². The summed E-state index contributed by atoms with van der Waals surface area (Å²) in [6, 6.07) is 0. The zero-order chi connectivity index (χ0) is 10.3. The summed E-state index contributed by atoms with van der Waals surface area (Å²) < 4.78 is 0. The van der Waals surface area contributed by atoms with Crippen LogP contribution in [0, 0.1) is 11.8 Å². The molecule has 3 rings (SSSR count). The molecule has 1 heterocycles. The van der Waals surface area contributed by atoms with Crippen molar-refractivity contribution >= 4 is 11.3 Å². The third kappa shape index (κ3) is 1.70. The molecule has 0 amide bonds. The molecule has 3 nitrogen and oxygen atoms in total. The predicted molar refractivity (Wildman–Crippen MR) is 60.9 cm³/mol. The first-order chi connectivity index (χ1) is 7.36. The molecule has 1 aromatic rings. The number of nitrogens with two attached hydrogens (primary N) is 1. The number of hydrogen-bond donors (Lipinski definition) is 1. The van der Waals surface area contributed by atoms with Gasteiger partial charge in [-0.1, -0.05) is 6.42 Å². The monoisotopic (exact) mass is 223 g/mol. The summed E-state index contributed by atoms with van der Waals surface area (Å²) in [6.07, 6.45) is 6.56. The number of fused-ring (bicyclic) bond motifs is 2. The molecule has 0 spiro atoms. The molecule has 0 aliphatic heterocycles. The normalized spacial score (nSPS) is 33.8. The van der Waals surface area contributed by atoms with Gasteiger partial charge in [0.2, 0.25) is 0 Å². The lowest BCUT2D eigenvalue weighted by molar-refractivity contribution is 0.417. The topological polar surface area (TPSA) is 51.8 Å². The first kappa shape index (κ1) is 9.73. The van der Waals surface area contributed by atoms with E-state index in [0.717, 1.165) is 29.2 Å². The Morgan fingerprint density at radius 3 is 2.87 bits per heavy atom. The summed E-state index contributed by atoms with van der Waals surface area (Å²) in [6.45, 7) is 0.686. The first-order valence-corrected chi connectivity index (χ1v) is 6.71. The zero-order valence-electron chi connectivity index (χ0n) is 8.85. The van der Waals surface area contributed by atoms with Gasteiger partial charge in [0.15, 0.2) is 0 Å². The minimum Gasteiger partial charge on any atom is -0.330 e. The third-order valence-corrected chi connectivity index (χ3v) is 5.01. The van der Waals surface area contributed by atoms with E-state index in [9.17, 15) is 0 Å². The summed E-state index contributed by atoms with van der Waals surface area (Å²) in [5, 5.41) is 11.0. The molecule has 0 radical (unpaired) electrons. The average molecular weight is 223 g/mol. The number of nitrogens with zero attached hydrogens (tertiary/aromatic N) is 2. The van der Waals surface area contributed by atoms with Crippen LogP contribution in [-0.2, 0) is 6.42 Å². The van der Waals surface area contributed by atoms with Crippen LogP contribution >= 0.6 is 11.3 Å². The molecule has 15 heavy (non-hydrogen) atoms. The second-order valence-corrected chi connectivity index (χ2v) is 5.95. The fourth-order valence-electron chi connectivity index (χ4n) is 3.19.